The number of fused-ring (bicyclic) bond motifs is 1. The molecule has 0 aliphatic carbocycles. The van der Waals surface area contributed by atoms with E-state index in [1.807, 2.05) is 0 Å². The van der Waals surface area contributed by atoms with Crippen LogP contribution >= 0.6 is 50.1 Å². The van der Waals surface area contributed by atoms with Gasteiger partial charge in [-0.2, -0.15) is 0 Å². The maximum Gasteiger partial charge on any atom is 0.235 e. The Morgan fingerprint density at radius 1 is 1.55 bits per heavy atom. The van der Waals surface area contributed by atoms with E-state index in [4.69, 9.17) is 16.3 Å². The van der Waals surface area contributed by atoms with E-state index in [0.29, 0.717) is 11.0 Å². The molecule has 120 valence electrons. The van der Waals surface area contributed by atoms with Crippen molar-refractivity contribution in [2.24, 2.45) is 0 Å². The van der Waals surface area contributed by atoms with E-state index in [1.165, 1.54) is 17.8 Å². The van der Waals surface area contributed by atoms with Gasteiger partial charge in [-0.05, 0) is 45.4 Å². The van der Waals surface area contributed by atoms with E-state index in [2.05, 4.69) is 48.5 Å². The van der Waals surface area contributed by atoms with Crippen molar-refractivity contribution < 1.29 is 20.1 Å². The zero-order valence-corrected chi connectivity index (χ0v) is 15.7. The van der Waals surface area contributed by atoms with Gasteiger partial charge in [-0.3, -0.25) is 4.57 Å². The van der Waals surface area contributed by atoms with Crippen LogP contribution < -0.4 is 0 Å². The van der Waals surface area contributed by atoms with E-state index >= 15 is 0 Å². The number of ether oxygens (including phenoxy) is 1. The summed E-state index contributed by atoms with van der Waals surface area (Å²) in [6.07, 6.45) is 0.754. The van der Waals surface area contributed by atoms with Crippen molar-refractivity contribution in [1.82, 2.24) is 14.5 Å². The normalized spacial score (nSPS) is 35.4. The van der Waals surface area contributed by atoms with Gasteiger partial charge in [-0.1, -0.05) is 11.6 Å². The van der Waals surface area contributed by atoms with Crippen molar-refractivity contribution in [2.45, 2.75) is 29.4 Å². The molecule has 0 spiro atoms. The summed E-state index contributed by atoms with van der Waals surface area (Å²) in [6.45, 7) is 0.986. The molecular weight excluding hydrogens is 492 g/mol. The number of aliphatic hydroxyl groups is 3. The van der Waals surface area contributed by atoms with Crippen molar-refractivity contribution in [2.75, 3.05) is 6.61 Å². The molecule has 0 radical (unpaired) electrons. The number of halogens is 3. The van der Waals surface area contributed by atoms with Crippen LogP contribution in [0.4, 0.5) is 0 Å². The fraction of sp³-hybridized carbons (Fsp3) is 0.500. The van der Waals surface area contributed by atoms with Gasteiger partial charge >= 0.3 is 0 Å². The fourth-order valence-electron chi connectivity index (χ4n) is 2.57. The number of hydrogen-bond acceptors (Lipinski definition) is 6. The molecule has 1 aliphatic heterocycles. The molecule has 1 fully saturated rings. The first-order valence-electron chi connectivity index (χ1n) is 6.29. The Labute approximate surface area is 152 Å². The Bertz CT molecular complexity index is 742. The molecule has 2 aromatic rings. The molecule has 0 bridgehead atoms. The van der Waals surface area contributed by atoms with Crippen LogP contribution in [0.15, 0.2) is 12.5 Å². The summed E-state index contributed by atoms with van der Waals surface area (Å²) >= 11 is 11.5. The highest BCUT2D eigenvalue weighted by Gasteiger charge is 2.63. The number of aliphatic hydroxyl groups excluding tert-OH is 2. The summed E-state index contributed by atoms with van der Waals surface area (Å²) in [5.74, 6) is 0. The highest BCUT2D eigenvalue weighted by atomic mass is 127. The summed E-state index contributed by atoms with van der Waals surface area (Å²) < 4.78 is 6.49. The quantitative estimate of drug-likeness (QED) is 0.323. The summed E-state index contributed by atoms with van der Waals surface area (Å²) in [5, 5.41) is 31.2. The van der Waals surface area contributed by atoms with Gasteiger partial charge in [-0.15, -0.1) is 0 Å². The Hall–Kier alpha value is -0.0400. The fourth-order valence-corrected chi connectivity index (χ4v) is 4.48. The third kappa shape index (κ3) is 2.14. The second-order valence-corrected chi connectivity index (χ2v) is 7.80. The number of nitrogens with zero attached hydrogens (tertiary/aromatic N) is 3. The first-order chi connectivity index (χ1) is 10.2. The third-order valence-electron chi connectivity index (χ3n) is 3.84. The van der Waals surface area contributed by atoms with E-state index in [9.17, 15) is 15.3 Å². The minimum atomic E-state index is -1.72. The van der Waals surface area contributed by atoms with Crippen LogP contribution in [0.3, 0.4) is 0 Å². The Morgan fingerprint density at radius 3 is 2.82 bits per heavy atom. The molecule has 3 heterocycles. The number of aromatic nitrogens is 3. The molecule has 2 aromatic heterocycles. The zero-order chi connectivity index (χ0) is 16.3. The Balaban J connectivity index is 2.25. The van der Waals surface area contributed by atoms with Crippen LogP contribution in [-0.2, 0) is 9.37 Å². The molecule has 22 heavy (non-hydrogen) atoms. The topological polar surface area (TPSA) is 101 Å². The van der Waals surface area contributed by atoms with E-state index in [0.717, 1.165) is 3.57 Å². The monoisotopic (exact) mass is 503 g/mol. The van der Waals surface area contributed by atoms with Crippen LogP contribution in [-0.4, -0.2) is 54.3 Å². The van der Waals surface area contributed by atoms with Crippen LogP contribution in [0.25, 0.3) is 11.0 Å². The van der Waals surface area contributed by atoms with Gasteiger partial charge in [-0.25, -0.2) is 9.97 Å². The summed E-state index contributed by atoms with van der Waals surface area (Å²) in [7, 11) is 0. The summed E-state index contributed by atoms with van der Waals surface area (Å²) in [6, 6.07) is 0. The second-order valence-electron chi connectivity index (χ2n) is 5.20. The first-order valence-corrected chi connectivity index (χ1v) is 8.54. The molecule has 0 amide bonds. The van der Waals surface area contributed by atoms with Crippen LogP contribution in [0.2, 0.25) is 5.15 Å². The van der Waals surface area contributed by atoms with Gasteiger partial charge in [0.1, 0.15) is 34.9 Å². The highest BCUT2D eigenvalue weighted by Crippen LogP contribution is 2.49. The largest absolute Gasteiger partial charge is 0.394 e. The van der Waals surface area contributed by atoms with E-state index in [1.54, 1.807) is 6.20 Å². The minimum Gasteiger partial charge on any atom is -0.394 e. The first kappa shape index (κ1) is 16.8. The Kier molecular flexibility index (Phi) is 4.20. The van der Waals surface area contributed by atoms with Crippen molar-refractivity contribution in [1.29, 1.82) is 0 Å². The molecule has 3 rings (SSSR count). The smallest absolute Gasteiger partial charge is 0.235 e. The number of rotatable bonds is 2. The lowest BCUT2D eigenvalue weighted by molar-refractivity contribution is -0.116. The second kappa shape index (κ2) is 5.50. The molecule has 0 aromatic carbocycles. The SMILES string of the molecule is C[C@]1(O)[C@H](O)[C@@H](CO)O[C@@]1(Br)n1cc(I)c2c(Cl)ncnc21. The van der Waals surface area contributed by atoms with Crippen LogP contribution in [0.1, 0.15) is 6.92 Å². The van der Waals surface area contributed by atoms with Crippen LogP contribution in [0, 0.1) is 3.57 Å². The van der Waals surface area contributed by atoms with Gasteiger partial charge in [0, 0.05) is 9.77 Å². The third-order valence-corrected chi connectivity index (χ3v) is 6.32. The lowest BCUT2D eigenvalue weighted by Crippen LogP contribution is -2.52. The van der Waals surface area contributed by atoms with Crippen molar-refractivity contribution in [3.05, 3.63) is 21.2 Å². The average Bonchev–Trinajstić information content (AvgIpc) is 2.89. The average molecular weight is 505 g/mol. The van der Waals surface area contributed by atoms with E-state index in [-0.39, 0.29) is 5.15 Å². The standard InChI is InChI=1S/C12H12BrClIN3O4/c1-11(21)8(20)6(3-19)22-12(11,13)18-2-5(15)7-9(14)16-4-17-10(7)18/h2,4,6,8,19-21H,3H2,1H3/t6-,8-,11+,12+/m1/s1. The zero-order valence-electron chi connectivity index (χ0n) is 11.2. The number of alkyl halides is 1. The molecule has 10 heteroatoms. The van der Waals surface area contributed by atoms with Crippen molar-refractivity contribution >= 4 is 61.2 Å². The van der Waals surface area contributed by atoms with Crippen LogP contribution in [0.5, 0.6) is 0 Å². The lowest BCUT2D eigenvalue weighted by atomic mass is 9.96. The van der Waals surface area contributed by atoms with Gasteiger partial charge < -0.3 is 20.1 Å². The predicted octanol–water partition coefficient (Wildman–Crippen LogP) is 1.20. The summed E-state index contributed by atoms with van der Waals surface area (Å²) in [4.78, 5) is 8.13. The molecule has 4 atom stereocenters. The lowest BCUT2D eigenvalue weighted by Gasteiger charge is -2.35. The van der Waals surface area contributed by atoms with Crippen molar-refractivity contribution in [3.8, 4) is 0 Å². The van der Waals surface area contributed by atoms with Gasteiger partial charge in [0.05, 0.1) is 12.0 Å². The molecule has 3 N–H and O–H groups in total. The minimum absolute atomic E-state index is 0.279. The summed E-state index contributed by atoms with van der Waals surface area (Å²) in [5.41, 5.74) is -1.28. The molecule has 1 saturated heterocycles. The predicted molar refractivity (Wildman–Crippen MR) is 90.7 cm³/mol. The molecule has 1 aliphatic rings. The van der Waals surface area contributed by atoms with Crippen molar-refractivity contribution in [3.63, 3.8) is 0 Å². The maximum atomic E-state index is 10.7. The maximum absolute atomic E-state index is 10.7. The molecule has 7 nitrogen and oxygen atoms in total. The van der Waals surface area contributed by atoms with Gasteiger partial charge in [0.2, 0.25) is 4.63 Å². The Morgan fingerprint density at radius 2 is 2.23 bits per heavy atom. The van der Waals surface area contributed by atoms with Gasteiger partial charge in [0.25, 0.3) is 0 Å². The molecule has 0 saturated carbocycles. The molecule has 0 unspecified atom stereocenters. The number of hydrogen-bond donors (Lipinski definition) is 3. The van der Waals surface area contributed by atoms with E-state index < -0.39 is 29.1 Å². The molecular formula is C12H12BrClIN3O4. The van der Waals surface area contributed by atoms with Gasteiger partial charge in [0.15, 0.2) is 0 Å². The highest BCUT2D eigenvalue weighted by molar-refractivity contribution is 14.1.